The van der Waals surface area contributed by atoms with Gasteiger partial charge in [-0.3, -0.25) is 4.79 Å². The van der Waals surface area contributed by atoms with Crippen LogP contribution in [0.4, 0.5) is 5.69 Å². The molecule has 24 heavy (non-hydrogen) atoms. The van der Waals surface area contributed by atoms with E-state index in [1.165, 1.54) is 0 Å². The molecule has 2 rings (SSSR count). The Kier molecular flexibility index (Phi) is 6.23. The number of amides is 1. The van der Waals surface area contributed by atoms with Crippen LogP contribution in [0, 0.1) is 0 Å². The lowest BCUT2D eigenvalue weighted by Crippen LogP contribution is -2.43. The number of halogens is 1. The Morgan fingerprint density at radius 3 is 2.42 bits per heavy atom. The quantitative estimate of drug-likeness (QED) is 0.753. The van der Waals surface area contributed by atoms with Crippen LogP contribution in [-0.2, 0) is 4.79 Å². The predicted octanol–water partition coefficient (Wildman–Crippen LogP) is 4.85. The molecular formula is C19H23ClN2O2. The predicted molar refractivity (Wildman–Crippen MR) is 99.0 cm³/mol. The molecule has 0 heterocycles. The number of benzene rings is 2. The number of hydrogen-bond acceptors (Lipinski definition) is 3. The lowest BCUT2D eigenvalue weighted by atomic mass is 10.0. The van der Waals surface area contributed by atoms with E-state index in [4.69, 9.17) is 16.3 Å². The van der Waals surface area contributed by atoms with Crippen LogP contribution in [0.1, 0.15) is 27.2 Å². The highest BCUT2D eigenvalue weighted by Crippen LogP contribution is 2.29. The van der Waals surface area contributed by atoms with Gasteiger partial charge in [0, 0.05) is 11.2 Å². The van der Waals surface area contributed by atoms with E-state index in [9.17, 15) is 4.79 Å². The largest absolute Gasteiger partial charge is 0.456 e. The summed E-state index contributed by atoms with van der Waals surface area (Å²) in [6, 6.07) is 14.5. The van der Waals surface area contributed by atoms with Crippen molar-refractivity contribution in [2.75, 3.05) is 11.9 Å². The van der Waals surface area contributed by atoms with Gasteiger partial charge in [-0.05, 0) is 56.7 Å². The van der Waals surface area contributed by atoms with Gasteiger partial charge >= 0.3 is 0 Å². The number of para-hydroxylation sites is 1. The van der Waals surface area contributed by atoms with Crippen LogP contribution in [0.2, 0.25) is 5.02 Å². The molecule has 1 amide bonds. The van der Waals surface area contributed by atoms with Crippen molar-refractivity contribution in [3.05, 3.63) is 53.6 Å². The summed E-state index contributed by atoms with van der Waals surface area (Å²) in [4.78, 5) is 12.0. The first kappa shape index (κ1) is 18.3. The van der Waals surface area contributed by atoms with Crippen molar-refractivity contribution in [3.8, 4) is 11.5 Å². The van der Waals surface area contributed by atoms with Crippen LogP contribution in [-0.4, -0.2) is 18.0 Å². The molecule has 5 heteroatoms. The van der Waals surface area contributed by atoms with Gasteiger partial charge in [-0.15, -0.1) is 0 Å². The molecule has 0 spiro atoms. The van der Waals surface area contributed by atoms with Gasteiger partial charge in [0.1, 0.15) is 11.5 Å². The molecule has 0 atom stereocenters. The number of nitrogens with one attached hydrogen (secondary N) is 2. The number of rotatable bonds is 7. The van der Waals surface area contributed by atoms with Gasteiger partial charge in [0.25, 0.3) is 0 Å². The molecule has 0 aliphatic heterocycles. The Morgan fingerprint density at radius 1 is 1.12 bits per heavy atom. The molecule has 4 nitrogen and oxygen atoms in total. The highest BCUT2D eigenvalue weighted by molar-refractivity contribution is 6.32. The van der Waals surface area contributed by atoms with Crippen molar-refractivity contribution in [2.45, 2.75) is 32.7 Å². The number of carbonyl (C=O) groups excluding carboxylic acids is 1. The standard InChI is InChI=1S/C19H23ClN2O2/c1-4-19(2,3)21-13-18(23)22-14-9-11-15(12-10-14)24-17-8-6-5-7-16(17)20/h5-12,21H,4,13H2,1-3H3,(H,22,23). The van der Waals surface area contributed by atoms with Crippen LogP contribution in [0.15, 0.2) is 48.5 Å². The zero-order valence-corrected chi connectivity index (χ0v) is 15.0. The van der Waals surface area contributed by atoms with Crippen LogP contribution < -0.4 is 15.4 Å². The molecular weight excluding hydrogens is 324 g/mol. The van der Waals surface area contributed by atoms with Crippen LogP contribution in [0.25, 0.3) is 0 Å². The van der Waals surface area contributed by atoms with Crippen molar-refractivity contribution in [1.82, 2.24) is 5.32 Å². The molecule has 0 aliphatic rings. The molecule has 0 fully saturated rings. The molecule has 2 N–H and O–H groups in total. The van der Waals surface area contributed by atoms with Crippen molar-refractivity contribution < 1.29 is 9.53 Å². The second-order valence-corrected chi connectivity index (χ2v) is 6.60. The van der Waals surface area contributed by atoms with Crippen molar-refractivity contribution in [1.29, 1.82) is 0 Å². The van der Waals surface area contributed by atoms with Gasteiger partial charge in [0.15, 0.2) is 0 Å². The summed E-state index contributed by atoms with van der Waals surface area (Å²) in [7, 11) is 0. The molecule has 0 radical (unpaired) electrons. The molecule has 0 unspecified atom stereocenters. The van der Waals surface area contributed by atoms with Crippen molar-refractivity contribution >= 4 is 23.2 Å². The third kappa shape index (κ3) is 5.55. The second kappa shape index (κ2) is 8.18. The summed E-state index contributed by atoms with van der Waals surface area (Å²) < 4.78 is 5.72. The van der Waals surface area contributed by atoms with E-state index in [1.54, 1.807) is 36.4 Å². The van der Waals surface area contributed by atoms with Crippen LogP contribution in [0.5, 0.6) is 11.5 Å². The monoisotopic (exact) mass is 346 g/mol. The minimum Gasteiger partial charge on any atom is -0.456 e. The Morgan fingerprint density at radius 2 is 1.79 bits per heavy atom. The average Bonchev–Trinajstić information content (AvgIpc) is 2.57. The van der Waals surface area contributed by atoms with Crippen LogP contribution in [0.3, 0.4) is 0 Å². The number of carbonyl (C=O) groups is 1. The third-order valence-corrected chi connectivity index (χ3v) is 4.13. The molecule has 2 aromatic rings. The van der Waals surface area contributed by atoms with Gasteiger partial charge in [-0.25, -0.2) is 0 Å². The number of hydrogen-bond donors (Lipinski definition) is 2. The second-order valence-electron chi connectivity index (χ2n) is 6.20. The minimum absolute atomic E-state index is 0.0516. The van der Waals surface area contributed by atoms with E-state index in [0.29, 0.717) is 16.5 Å². The maximum Gasteiger partial charge on any atom is 0.238 e. The van der Waals surface area contributed by atoms with Gasteiger partial charge in [0.05, 0.1) is 11.6 Å². The molecule has 0 saturated heterocycles. The lowest BCUT2D eigenvalue weighted by Gasteiger charge is -2.24. The first-order valence-corrected chi connectivity index (χ1v) is 8.35. The smallest absolute Gasteiger partial charge is 0.238 e. The third-order valence-electron chi connectivity index (χ3n) is 3.81. The first-order valence-electron chi connectivity index (χ1n) is 7.97. The Balaban J connectivity index is 1.90. The highest BCUT2D eigenvalue weighted by Gasteiger charge is 2.15. The molecule has 0 bridgehead atoms. The normalized spacial score (nSPS) is 11.2. The SMILES string of the molecule is CCC(C)(C)NCC(=O)Nc1ccc(Oc2ccccc2Cl)cc1. The average molecular weight is 347 g/mol. The van der Waals surface area contributed by atoms with E-state index >= 15 is 0 Å². The lowest BCUT2D eigenvalue weighted by molar-refractivity contribution is -0.115. The Hall–Kier alpha value is -2.04. The van der Waals surface area contributed by atoms with E-state index < -0.39 is 0 Å². The van der Waals surface area contributed by atoms with Crippen molar-refractivity contribution in [2.24, 2.45) is 0 Å². The van der Waals surface area contributed by atoms with E-state index in [0.717, 1.165) is 12.1 Å². The van der Waals surface area contributed by atoms with Crippen LogP contribution >= 0.6 is 11.6 Å². The Bertz CT molecular complexity index is 684. The van der Waals surface area contributed by atoms with E-state index in [-0.39, 0.29) is 18.0 Å². The molecule has 0 aliphatic carbocycles. The fourth-order valence-electron chi connectivity index (χ4n) is 1.91. The van der Waals surface area contributed by atoms with Gasteiger partial charge in [-0.2, -0.15) is 0 Å². The summed E-state index contributed by atoms with van der Waals surface area (Å²) >= 11 is 6.07. The Labute approximate surface area is 148 Å². The van der Waals surface area contributed by atoms with Gasteiger partial charge < -0.3 is 15.4 Å². The minimum atomic E-state index is -0.0729. The fraction of sp³-hybridized carbons (Fsp3) is 0.316. The maximum absolute atomic E-state index is 12.0. The number of ether oxygens (including phenoxy) is 1. The molecule has 0 aromatic heterocycles. The van der Waals surface area contributed by atoms with Gasteiger partial charge in [0.2, 0.25) is 5.91 Å². The zero-order valence-electron chi connectivity index (χ0n) is 14.2. The highest BCUT2D eigenvalue weighted by atomic mass is 35.5. The topological polar surface area (TPSA) is 50.4 Å². The molecule has 2 aromatic carbocycles. The summed E-state index contributed by atoms with van der Waals surface area (Å²) in [5.41, 5.74) is 0.673. The van der Waals surface area contributed by atoms with Crippen molar-refractivity contribution in [3.63, 3.8) is 0 Å². The fourth-order valence-corrected chi connectivity index (χ4v) is 2.08. The molecule has 128 valence electrons. The van der Waals surface area contributed by atoms with E-state index in [2.05, 4.69) is 31.4 Å². The first-order chi connectivity index (χ1) is 11.4. The molecule has 0 saturated carbocycles. The summed E-state index contributed by atoms with van der Waals surface area (Å²) in [6.07, 6.45) is 0.953. The van der Waals surface area contributed by atoms with E-state index in [1.807, 2.05) is 12.1 Å². The van der Waals surface area contributed by atoms with Gasteiger partial charge in [-0.1, -0.05) is 30.7 Å². The summed E-state index contributed by atoms with van der Waals surface area (Å²) in [5.74, 6) is 1.18. The maximum atomic E-state index is 12.0. The zero-order chi connectivity index (χ0) is 17.6. The number of anilines is 1. The summed E-state index contributed by atoms with van der Waals surface area (Å²) in [5, 5.41) is 6.64. The summed E-state index contributed by atoms with van der Waals surface area (Å²) in [6.45, 7) is 6.50.